The van der Waals surface area contributed by atoms with E-state index in [1.807, 2.05) is 0 Å². The molecule has 0 saturated heterocycles. The molecule has 342 valence electrons. The zero-order valence-electron chi connectivity index (χ0n) is 40.3. The fourth-order valence-corrected chi connectivity index (χ4v) is 17.8. The van der Waals surface area contributed by atoms with Crippen molar-refractivity contribution < 1.29 is 0 Å². The Morgan fingerprint density at radius 3 is 1.97 bits per heavy atom. The maximum absolute atomic E-state index is 3.61. The monoisotopic (exact) mass is 936 g/mol. The van der Waals surface area contributed by atoms with Gasteiger partial charge < -0.3 is 9.47 Å². The molecular weight excluding hydrogens is 885 g/mol. The molecule has 2 nitrogen and oxygen atoms in total. The van der Waals surface area contributed by atoms with Crippen LogP contribution in [-0.2, 0) is 11.8 Å². The second-order valence-corrected chi connectivity index (χ2v) is 24.0. The number of benzene rings is 9. The third-order valence-electron chi connectivity index (χ3n) is 16.4. The molecule has 0 amide bonds. The maximum atomic E-state index is 3.61. The Balaban J connectivity index is 0.860. The molecule has 9 aromatic carbocycles. The Morgan fingerprint density at radius 1 is 0.583 bits per heavy atom. The van der Waals surface area contributed by atoms with Crippen LogP contribution in [0.25, 0.3) is 49.7 Å². The van der Waals surface area contributed by atoms with Crippen LogP contribution >= 0.6 is 0 Å². The SMILES string of the molecule is CC12C=CC#CC1N(C1=CCCC=C1)c1ccc(-c3ccc([Si](c4ccccc4)(c4ccccc4)c4ccc(CC5c6ccccc6-c6c5ccc5c7ccccc7n(-c7ccccc7)c65)cc4)cc3)cc12. The van der Waals surface area contributed by atoms with Crippen LogP contribution in [0.3, 0.4) is 0 Å². The molecule has 1 aliphatic heterocycles. The second kappa shape index (κ2) is 16.9. The number of anilines is 1. The number of aromatic nitrogens is 1. The molecule has 1 aromatic heterocycles. The zero-order chi connectivity index (χ0) is 47.8. The van der Waals surface area contributed by atoms with Crippen molar-refractivity contribution in [3.8, 4) is 39.8 Å². The molecule has 3 unspecified atom stereocenters. The lowest BCUT2D eigenvalue weighted by Crippen LogP contribution is -2.74. The molecule has 0 spiro atoms. The summed E-state index contributed by atoms with van der Waals surface area (Å²) in [6.45, 7) is 2.36. The van der Waals surface area contributed by atoms with E-state index in [4.69, 9.17) is 0 Å². The minimum atomic E-state index is -2.82. The van der Waals surface area contributed by atoms with Gasteiger partial charge in [-0.2, -0.15) is 0 Å². The first-order valence-electron chi connectivity index (χ1n) is 25.6. The molecule has 0 fully saturated rings. The van der Waals surface area contributed by atoms with Gasteiger partial charge in [0, 0.05) is 44.7 Å². The number of para-hydroxylation sites is 2. The van der Waals surface area contributed by atoms with Crippen molar-refractivity contribution >= 4 is 56.3 Å². The van der Waals surface area contributed by atoms with Gasteiger partial charge in [-0.05, 0) is 128 Å². The minimum absolute atomic E-state index is 0.0636. The van der Waals surface area contributed by atoms with Crippen molar-refractivity contribution in [3.05, 3.63) is 277 Å². The summed E-state index contributed by atoms with van der Waals surface area (Å²) < 4.78 is 2.49. The van der Waals surface area contributed by atoms with Crippen molar-refractivity contribution in [2.45, 2.75) is 43.6 Å². The molecule has 10 aromatic rings. The van der Waals surface area contributed by atoms with E-state index in [0.717, 1.165) is 19.3 Å². The highest BCUT2D eigenvalue weighted by Gasteiger charge is 2.48. The van der Waals surface area contributed by atoms with E-state index in [0.29, 0.717) is 0 Å². The normalized spacial score (nSPS) is 18.3. The molecule has 0 bridgehead atoms. The van der Waals surface area contributed by atoms with Crippen molar-refractivity contribution in [1.82, 2.24) is 4.57 Å². The summed E-state index contributed by atoms with van der Waals surface area (Å²) in [6.07, 6.45) is 14.4. The van der Waals surface area contributed by atoms with Gasteiger partial charge in [-0.1, -0.05) is 218 Å². The summed E-state index contributed by atoms with van der Waals surface area (Å²) >= 11 is 0. The van der Waals surface area contributed by atoms with Gasteiger partial charge in [0.2, 0.25) is 0 Å². The first kappa shape index (κ1) is 42.5. The van der Waals surface area contributed by atoms with Crippen LogP contribution in [0.2, 0.25) is 0 Å². The third-order valence-corrected chi connectivity index (χ3v) is 21.2. The largest absolute Gasteiger partial charge is 0.326 e. The predicted octanol–water partition coefficient (Wildman–Crippen LogP) is 13.4. The Morgan fingerprint density at radius 2 is 1.24 bits per heavy atom. The quantitative estimate of drug-likeness (QED) is 0.0795. The summed E-state index contributed by atoms with van der Waals surface area (Å²) in [5, 5.41) is 8.09. The van der Waals surface area contributed by atoms with Crippen molar-refractivity contribution in [1.29, 1.82) is 0 Å². The predicted molar refractivity (Wildman–Crippen MR) is 304 cm³/mol. The lowest BCUT2D eigenvalue weighted by Gasteiger charge is -2.34. The molecule has 72 heavy (non-hydrogen) atoms. The number of hydrogen-bond acceptors (Lipinski definition) is 1. The fourth-order valence-electron chi connectivity index (χ4n) is 13.0. The minimum Gasteiger partial charge on any atom is -0.326 e. The third kappa shape index (κ3) is 6.42. The Labute approximate surface area is 423 Å². The van der Waals surface area contributed by atoms with Crippen LogP contribution in [0.4, 0.5) is 5.69 Å². The molecule has 3 heteroatoms. The van der Waals surface area contributed by atoms with Crippen LogP contribution in [0.1, 0.15) is 47.9 Å². The van der Waals surface area contributed by atoms with Crippen molar-refractivity contribution in [2.24, 2.45) is 0 Å². The summed E-state index contributed by atoms with van der Waals surface area (Å²) in [5.74, 6) is 7.15. The van der Waals surface area contributed by atoms with Gasteiger partial charge in [-0.15, -0.1) is 0 Å². The first-order chi connectivity index (χ1) is 35.6. The summed E-state index contributed by atoms with van der Waals surface area (Å²) in [4.78, 5) is 2.48. The second-order valence-electron chi connectivity index (χ2n) is 20.2. The van der Waals surface area contributed by atoms with Crippen LogP contribution in [0.15, 0.2) is 254 Å². The molecule has 3 aliphatic carbocycles. The van der Waals surface area contributed by atoms with E-state index in [1.54, 1.807) is 0 Å². The average Bonchev–Trinajstić information content (AvgIpc) is 4.05. The van der Waals surface area contributed by atoms with E-state index >= 15 is 0 Å². The molecule has 2 heterocycles. The number of rotatable bonds is 9. The number of allylic oxidation sites excluding steroid dienone is 4. The molecule has 0 saturated carbocycles. The highest BCUT2D eigenvalue weighted by atomic mass is 28.3. The lowest BCUT2D eigenvalue weighted by molar-refractivity contribution is 0.558. The molecule has 4 aliphatic rings. The number of nitrogens with zero attached hydrogens (tertiary/aromatic N) is 2. The Hall–Kier alpha value is -8.42. The topological polar surface area (TPSA) is 8.17 Å². The lowest BCUT2D eigenvalue weighted by atomic mass is 9.76. The smallest absolute Gasteiger partial charge is 0.179 e. The molecule has 14 rings (SSSR count). The van der Waals surface area contributed by atoms with Crippen LogP contribution in [0.5, 0.6) is 0 Å². The standard InChI is InChI=1S/C69H52N2Si/c1-69-45-19-18-32-66(69)70(51-20-6-2-7-21-51)65-44-37-50(47-63(65)69)49-35-40-56(41-36-49)72(53-24-10-4-11-25-53,54-26-12-5-13-27-54)55-38-33-48(34-39-55)46-62-57-28-14-15-30-59(57)67-60(62)42-43-61-58-29-16-17-31-64(58)71(68(61)67)52-22-8-3-9-23-52/h3-6,8-17,19-31,33-45,47,62,66H,2,7,46H2,1H3. The van der Waals surface area contributed by atoms with Gasteiger partial charge >= 0.3 is 0 Å². The van der Waals surface area contributed by atoms with Gasteiger partial charge in [-0.3, -0.25) is 0 Å². The Kier molecular flexibility index (Phi) is 9.95. The number of fused-ring (bicyclic) bond motifs is 10. The van der Waals surface area contributed by atoms with Gasteiger partial charge in [0.25, 0.3) is 0 Å². The zero-order valence-corrected chi connectivity index (χ0v) is 41.3. The highest BCUT2D eigenvalue weighted by molar-refractivity contribution is 7.19. The van der Waals surface area contributed by atoms with Gasteiger partial charge in [0.15, 0.2) is 8.07 Å². The first-order valence-corrected chi connectivity index (χ1v) is 27.6. The van der Waals surface area contributed by atoms with E-state index in [-0.39, 0.29) is 17.4 Å². The highest BCUT2D eigenvalue weighted by Crippen LogP contribution is 2.52. The van der Waals surface area contributed by atoms with Crippen LogP contribution in [0, 0.1) is 11.8 Å². The fraction of sp³-hybridized carbons (Fsp3) is 0.101. The molecule has 3 atom stereocenters. The van der Waals surface area contributed by atoms with E-state index < -0.39 is 8.07 Å². The van der Waals surface area contributed by atoms with Crippen molar-refractivity contribution in [3.63, 3.8) is 0 Å². The number of hydrogen-bond donors (Lipinski definition) is 0. The Bertz CT molecular complexity index is 3870. The molecular formula is C69H52N2Si. The average molecular weight is 937 g/mol. The van der Waals surface area contributed by atoms with E-state index in [2.05, 4.69) is 277 Å². The maximum Gasteiger partial charge on any atom is 0.179 e. The van der Waals surface area contributed by atoms with E-state index in [9.17, 15) is 0 Å². The molecule has 0 N–H and O–H groups in total. The summed E-state index contributed by atoms with van der Waals surface area (Å²) in [5.41, 5.74) is 16.7. The summed E-state index contributed by atoms with van der Waals surface area (Å²) in [7, 11) is -2.82. The summed E-state index contributed by atoms with van der Waals surface area (Å²) in [6, 6.07) is 82.9. The van der Waals surface area contributed by atoms with Gasteiger partial charge in [0.05, 0.1) is 11.0 Å². The van der Waals surface area contributed by atoms with E-state index in [1.165, 1.54) is 104 Å². The van der Waals surface area contributed by atoms with Crippen LogP contribution < -0.4 is 25.6 Å². The van der Waals surface area contributed by atoms with Crippen molar-refractivity contribution in [2.75, 3.05) is 4.90 Å². The molecule has 0 radical (unpaired) electrons. The van der Waals surface area contributed by atoms with Crippen LogP contribution in [-0.4, -0.2) is 18.7 Å². The van der Waals surface area contributed by atoms with Gasteiger partial charge in [0.1, 0.15) is 6.04 Å². The van der Waals surface area contributed by atoms with Gasteiger partial charge in [-0.25, -0.2) is 0 Å².